The molecule has 2 rings (SSSR count). The quantitative estimate of drug-likeness (QED) is 0.801. The van der Waals surface area contributed by atoms with E-state index in [1.54, 1.807) is 7.11 Å². The SMILES string of the molecule is CNCC1(C2=CC=C(Cl)C(Cl)C2)CCC(OC)C1. The molecule has 2 nitrogen and oxygen atoms in total. The molecule has 0 aliphatic heterocycles. The minimum absolute atomic E-state index is 0.0676. The molecule has 1 fully saturated rings. The van der Waals surface area contributed by atoms with Crippen molar-refractivity contribution in [1.29, 1.82) is 0 Å². The van der Waals surface area contributed by atoms with Crippen molar-refractivity contribution in [3.05, 3.63) is 22.8 Å². The van der Waals surface area contributed by atoms with Crippen LogP contribution in [0.3, 0.4) is 0 Å². The van der Waals surface area contributed by atoms with Gasteiger partial charge in [0.05, 0.1) is 11.5 Å². The molecule has 0 aromatic rings. The first-order valence-corrected chi connectivity index (χ1v) is 7.31. The summed E-state index contributed by atoms with van der Waals surface area (Å²) in [5.74, 6) is 0. The van der Waals surface area contributed by atoms with Gasteiger partial charge >= 0.3 is 0 Å². The Kier molecular flexibility index (Phi) is 4.76. The first-order valence-electron chi connectivity index (χ1n) is 6.49. The maximum absolute atomic E-state index is 6.28. The monoisotopic (exact) mass is 289 g/mol. The lowest BCUT2D eigenvalue weighted by Crippen LogP contribution is -2.34. The van der Waals surface area contributed by atoms with Crippen molar-refractivity contribution in [3.8, 4) is 0 Å². The van der Waals surface area contributed by atoms with Crippen LogP contribution < -0.4 is 5.32 Å². The zero-order valence-corrected chi connectivity index (χ0v) is 12.5. The van der Waals surface area contributed by atoms with Crippen LogP contribution in [0.1, 0.15) is 25.7 Å². The highest BCUT2D eigenvalue weighted by Crippen LogP contribution is 2.48. The molecule has 0 spiro atoms. The van der Waals surface area contributed by atoms with E-state index in [0.29, 0.717) is 6.10 Å². The second-order valence-corrected chi connectivity index (χ2v) is 6.29. The molecule has 18 heavy (non-hydrogen) atoms. The van der Waals surface area contributed by atoms with Crippen LogP contribution in [0.15, 0.2) is 22.8 Å². The Hall–Kier alpha value is -0.0200. The van der Waals surface area contributed by atoms with E-state index in [4.69, 9.17) is 27.9 Å². The molecule has 0 radical (unpaired) electrons. The number of halogens is 2. The van der Waals surface area contributed by atoms with Crippen molar-refractivity contribution in [1.82, 2.24) is 5.32 Å². The number of ether oxygens (including phenoxy) is 1. The Morgan fingerprint density at radius 1 is 1.50 bits per heavy atom. The standard InChI is InChI=1S/C14H21Cl2NO/c1-17-9-14(6-5-11(8-14)18-2)10-3-4-12(15)13(16)7-10/h3-4,11,13,17H,5-9H2,1-2H3. The largest absolute Gasteiger partial charge is 0.381 e. The fraction of sp³-hybridized carbons (Fsp3) is 0.714. The Bertz CT molecular complexity index is 367. The molecule has 0 saturated heterocycles. The molecule has 3 unspecified atom stereocenters. The fourth-order valence-electron chi connectivity index (χ4n) is 3.22. The third-order valence-corrected chi connectivity index (χ3v) is 5.13. The van der Waals surface area contributed by atoms with E-state index >= 15 is 0 Å². The van der Waals surface area contributed by atoms with Gasteiger partial charge in [0, 0.05) is 24.1 Å². The van der Waals surface area contributed by atoms with Crippen LogP contribution in [0.2, 0.25) is 0 Å². The van der Waals surface area contributed by atoms with E-state index in [0.717, 1.165) is 37.3 Å². The molecule has 0 aromatic heterocycles. The maximum atomic E-state index is 6.28. The minimum atomic E-state index is -0.0676. The lowest BCUT2D eigenvalue weighted by Gasteiger charge is -2.34. The average molecular weight is 290 g/mol. The predicted molar refractivity (Wildman–Crippen MR) is 77.3 cm³/mol. The highest BCUT2D eigenvalue weighted by Gasteiger charge is 2.42. The van der Waals surface area contributed by atoms with Gasteiger partial charge in [-0.25, -0.2) is 0 Å². The van der Waals surface area contributed by atoms with Crippen LogP contribution in [0.4, 0.5) is 0 Å². The smallest absolute Gasteiger partial charge is 0.0729 e. The van der Waals surface area contributed by atoms with E-state index in [1.807, 2.05) is 13.1 Å². The lowest BCUT2D eigenvalue weighted by molar-refractivity contribution is 0.0989. The van der Waals surface area contributed by atoms with Crippen LogP contribution in [-0.4, -0.2) is 32.2 Å². The van der Waals surface area contributed by atoms with Crippen molar-refractivity contribution in [3.63, 3.8) is 0 Å². The Morgan fingerprint density at radius 3 is 2.83 bits per heavy atom. The van der Waals surface area contributed by atoms with Crippen molar-refractivity contribution in [2.24, 2.45) is 5.41 Å². The van der Waals surface area contributed by atoms with Gasteiger partial charge in [0.25, 0.3) is 0 Å². The molecule has 3 atom stereocenters. The molecule has 0 aromatic carbocycles. The van der Waals surface area contributed by atoms with Crippen LogP contribution in [0.5, 0.6) is 0 Å². The highest BCUT2D eigenvalue weighted by molar-refractivity contribution is 6.37. The molecule has 2 aliphatic carbocycles. The number of methoxy groups -OCH3 is 1. The Balaban J connectivity index is 2.21. The number of alkyl halides is 1. The Labute approximate surface area is 119 Å². The van der Waals surface area contributed by atoms with Crippen LogP contribution in [0, 0.1) is 5.41 Å². The van der Waals surface area contributed by atoms with Gasteiger partial charge < -0.3 is 10.1 Å². The van der Waals surface area contributed by atoms with Crippen LogP contribution >= 0.6 is 23.2 Å². The van der Waals surface area contributed by atoms with Gasteiger partial charge in [0.1, 0.15) is 0 Å². The van der Waals surface area contributed by atoms with Crippen LogP contribution in [-0.2, 0) is 4.74 Å². The molecular weight excluding hydrogens is 269 g/mol. The molecule has 0 heterocycles. The van der Waals surface area contributed by atoms with E-state index in [2.05, 4.69) is 11.4 Å². The molecule has 102 valence electrons. The summed E-state index contributed by atoms with van der Waals surface area (Å²) in [6.45, 7) is 0.980. The molecular formula is C14H21Cl2NO. The summed E-state index contributed by atoms with van der Waals surface area (Å²) >= 11 is 12.3. The zero-order valence-electron chi connectivity index (χ0n) is 11.0. The van der Waals surface area contributed by atoms with Gasteiger partial charge in [-0.2, -0.15) is 0 Å². The first kappa shape index (κ1) is 14.4. The van der Waals surface area contributed by atoms with Crippen LogP contribution in [0.25, 0.3) is 0 Å². The summed E-state index contributed by atoms with van der Waals surface area (Å²) in [6.07, 6.45) is 8.70. The minimum Gasteiger partial charge on any atom is -0.381 e. The van der Waals surface area contributed by atoms with Gasteiger partial charge in [0.2, 0.25) is 0 Å². The highest BCUT2D eigenvalue weighted by atomic mass is 35.5. The number of allylic oxidation sites excluding steroid dienone is 3. The summed E-state index contributed by atoms with van der Waals surface area (Å²) in [5, 5.41) is 4.01. The van der Waals surface area contributed by atoms with Gasteiger partial charge in [-0.15, -0.1) is 11.6 Å². The van der Waals surface area contributed by atoms with Gasteiger partial charge in [-0.05, 0) is 38.8 Å². The summed E-state index contributed by atoms with van der Waals surface area (Å²) < 4.78 is 5.52. The van der Waals surface area contributed by atoms with Crippen molar-refractivity contribution >= 4 is 23.2 Å². The molecule has 4 heteroatoms. The topological polar surface area (TPSA) is 21.3 Å². The first-order chi connectivity index (χ1) is 8.61. The zero-order chi connectivity index (χ0) is 13.2. The van der Waals surface area contributed by atoms with Gasteiger partial charge in [-0.1, -0.05) is 23.3 Å². The normalized spacial score (nSPS) is 36.4. The lowest BCUT2D eigenvalue weighted by atomic mass is 9.75. The van der Waals surface area contributed by atoms with Crippen molar-refractivity contribution in [2.45, 2.75) is 37.2 Å². The summed E-state index contributed by atoms with van der Waals surface area (Å²) in [5.41, 5.74) is 1.61. The van der Waals surface area contributed by atoms with E-state index in [1.165, 1.54) is 5.57 Å². The third kappa shape index (κ3) is 2.77. The molecule has 2 aliphatic rings. The molecule has 1 N–H and O–H groups in total. The number of rotatable bonds is 4. The molecule has 0 amide bonds. The second kappa shape index (κ2) is 5.96. The fourth-order valence-corrected chi connectivity index (χ4v) is 3.60. The molecule has 0 bridgehead atoms. The predicted octanol–water partition coefficient (Wildman–Crippen LogP) is 3.45. The van der Waals surface area contributed by atoms with E-state index < -0.39 is 0 Å². The van der Waals surface area contributed by atoms with Crippen molar-refractivity contribution < 1.29 is 4.74 Å². The van der Waals surface area contributed by atoms with E-state index in [9.17, 15) is 0 Å². The number of hydrogen-bond donors (Lipinski definition) is 1. The van der Waals surface area contributed by atoms with E-state index in [-0.39, 0.29) is 10.8 Å². The number of nitrogens with one attached hydrogen (secondary N) is 1. The third-order valence-electron chi connectivity index (χ3n) is 4.24. The second-order valence-electron chi connectivity index (χ2n) is 5.33. The molecule has 1 saturated carbocycles. The summed E-state index contributed by atoms with van der Waals surface area (Å²) in [4.78, 5) is 0. The number of hydrogen-bond acceptors (Lipinski definition) is 2. The summed E-state index contributed by atoms with van der Waals surface area (Å²) in [6, 6.07) is 0. The Morgan fingerprint density at radius 2 is 2.28 bits per heavy atom. The van der Waals surface area contributed by atoms with Gasteiger partial charge in [0.15, 0.2) is 0 Å². The summed E-state index contributed by atoms with van der Waals surface area (Å²) in [7, 11) is 3.81. The van der Waals surface area contributed by atoms with Gasteiger partial charge in [-0.3, -0.25) is 0 Å². The van der Waals surface area contributed by atoms with Crippen molar-refractivity contribution in [2.75, 3.05) is 20.7 Å². The average Bonchev–Trinajstić information content (AvgIpc) is 2.78. The maximum Gasteiger partial charge on any atom is 0.0729 e.